The summed E-state index contributed by atoms with van der Waals surface area (Å²) in [6, 6.07) is 11.9. The molecule has 0 spiro atoms. The molecule has 1 aliphatic rings. The molecular weight excluding hydrogens is 613 g/mol. The molecule has 0 bridgehead atoms. The maximum Gasteiger partial charge on any atom is 0.262 e. The molecule has 3 heterocycles. The Morgan fingerprint density at radius 1 is 0.783 bits per heavy atom. The molecule has 242 valence electrons. The average Bonchev–Trinajstić information content (AvgIpc) is 3.79. The van der Waals surface area contributed by atoms with Crippen molar-refractivity contribution in [3.05, 3.63) is 69.4 Å². The second-order valence-electron chi connectivity index (χ2n) is 12.2. The number of nitrogens with zero attached hydrogens (tertiary/aromatic N) is 2. The van der Waals surface area contributed by atoms with Crippen molar-refractivity contribution in [3.63, 3.8) is 0 Å². The fourth-order valence-electron chi connectivity index (χ4n) is 6.58. The molecule has 5 rings (SSSR count). The summed E-state index contributed by atoms with van der Waals surface area (Å²) in [7, 11) is 0. The second kappa shape index (κ2) is 15.8. The van der Waals surface area contributed by atoms with Gasteiger partial charge in [-0.2, -0.15) is 0 Å². The van der Waals surface area contributed by atoms with Crippen LogP contribution in [0.4, 0.5) is 0 Å². The summed E-state index contributed by atoms with van der Waals surface area (Å²) in [5, 5.41) is 5.37. The van der Waals surface area contributed by atoms with E-state index in [-0.39, 0.29) is 24.1 Å². The van der Waals surface area contributed by atoms with Gasteiger partial charge in [-0.3, -0.25) is 29.0 Å². The van der Waals surface area contributed by atoms with Gasteiger partial charge in [0.2, 0.25) is 12.3 Å². The lowest BCUT2D eigenvalue weighted by Gasteiger charge is -2.31. The predicted octanol–water partition coefficient (Wildman–Crippen LogP) is 9.67. The molecular formula is C38H44N2O4S2. The number of benzene rings is 2. The van der Waals surface area contributed by atoms with Crippen molar-refractivity contribution in [2.75, 3.05) is 13.1 Å². The smallest absolute Gasteiger partial charge is 0.262 e. The highest BCUT2D eigenvalue weighted by Gasteiger charge is 2.37. The summed E-state index contributed by atoms with van der Waals surface area (Å²) in [6.45, 7) is 7.10. The minimum Gasteiger partial charge on any atom is -0.285 e. The van der Waals surface area contributed by atoms with Crippen molar-refractivity contribution < 1.29 is 19.2 Å². The number of unbranched alkanes of at least 4 members (excludes halogenated alkanes) is 8. The standard InChI is InChI=1S/C38H44N2O4S2/c1-4-6-8-10-12-18-39(25-41)33(42)23-27-22-29(32-17-15-21-46-32)36-35-30(24-28(26(3)34(27)35)31-16-14-20-45-31)37(43)40(38(36)44)19-13-11-9-7-5-2/h14-17,20-22,24-25H,4-13,18-19,23H2,1-3H3. The molecule has 2 aromatic carbocycles. The van der Waals surface area contributed by atoms with Crippen LogP contribution in [0.15, 0.2) is 47.2 Å². The van der Waals surface area contributed by atoms with E-state index in [0.717, 1.165) is 102 Å². The van der Waals surface area contributed by atoms with E-state index >= 15 is 0 Å². The summed E-state index contributed by atoms with van der Waals surface area (Å²) in [5.41, 5.74) is 4.35. The van der Waals surface area contributed by atoms with Crippen LogP contribution in [-0.2, 0) is 16.0 Å². The summed E-state index contributed by atoms with van der Waals surface area (Å²) < 4.78 is 0. The summed E-state index contributed by atoms with van der Waals surface area (Å²) in [5.74, 6) is -0.829. The fourth-order valence-corrected chi connectivity index (χ4v) is 8.12. The number of aryl methyl sites for hydroxylation is 1. The third-order valence-corrected chi connectivity index (χ3v) is 10.8. The molecule has 0 saturated heterocycles. The first kappa shape index (κ1) is 33.7. The molecule has 0 fully saturated rings. The molecule has 6 nitrogen and oxygen atoms in total. The number of carbonyl (C=O) groups is 4. The molecule has 4 amide bonds. The van der Waals surface area contributed by atoms with Crippen LogP contribution < -0.4 is 0 Å². The molecule has 0 aliphatic carbocycles. The van der Waals surface area contributed by atoms with Crippen LogP contribution in [0.25, 0.3) is 31.7 Å². The zero-order chi connectivity index (χ0) is 32.6. The number of amides is 4. The van der Waals surface area contributed by atoms with Crippen molar-refractivity contribution in [3.8, 4) is 20.9 Å². The number of carbonyl (C=O) groups excluding carboxylic acids is 4. The number of hydrogen-bond donors (Lipinski definition) is 0. The van der Waals surface area contributed by atoms with Crippen LogP contribution >= 0.6 is 22.7 Å². The lowest BCUT2D eigenvalue weighted by Crippen LogP contribution is -2.41. The van der Waals surface area contributed by atoms with Gasteiger partial charge >= 0.3 is 0 Å². The van der Waals surface area contributed by atoms with Crippen LogP contribution in [0.3, 0.4) is 0 Å². The van der Waals surface area contributed by atoms with Crippen molar-refractivity contribution in [1.82, 2.24) is 9.80 Å². The van der Waals surface area contributed by atoms with Gasteiger partial charge in [-0.05, 0) is 76.9 Å². The first-order valence-electron chi connectivity index (χ1n) is 16.7. The molecule has 0 N–H and O–H groups in total. The van der Waals surface area contributed by atoms with Crippen LogP contribution in [0.2, 0.25) is 0 Å². The Hall–Kier alpha value is -3.62. The van der Waals surface area contributed by atoms with Gasteiger partial charge in [0.25, 0.3) is 11.8 Å². The van der Waals surface area contributed by atoms with Gasteiger partial charge in [-0.15, -0.1) is 22.7 Å². The monoisotopic (exact) mass is 656 g/mol. The van der Waals surface area contributed by atoms with E-state index in [1.807, 2.05) is 54.1 Å². The van der Waals surface area contributed by atoms with E-state index in [1.165, 1.54) is 21.1 Å². The van der Waals surface area contributed by atoms with Gasteiger partial charge in [0.1, 0.15) is 0 Å². The predicted molar refractivity (Wildman–Crippen MR) is 190 cm³/mol. The van der Waals surface area contributed by atoms with E-state index in [1.54, 1.807) is 11.3 Å². The third-order valence-electron chi connectivity index (χ3n) is 9.03. The molecule has 4 aromatic rings. The fraction of sp³-hybridized carbons (Fsp3) is 0.421. The zero-order valence-electron chi connectivity index (χ0n) is 27.2. The highest BCUT2D eigenvalue weighted by molar-refractivity contribution is 7.13. The molecule has 2 aromatic heterocycles. The molecule has 46 heavy (non-hydrogen) atoms. The first-order valence-corrected chi connectivity index (χ1v) is 18.5. The van der Waals surface area contributed by atoms with E-state index < -0.39 is 0 Å². The maximum absolute atomic E-state index is 14.3. The van der Waals surface area contributed by atoms with Gasteiger partial charge < -0.3 is 0 Å². The minimum atomic E-state index is -0.280. The SMILES string of the molecule is CCCCCCCN(C=O)C(=O)Cc1cc(-c2cccs2)c2c3c(cc(-c4cccs4)c(C)c13)C(=O)N(CCCCCCC)C2=O. The van der Waals surface area contributed by atoms with E-state index in [0.29, 0.717) is 36.0 Å². The van der Waals surface area contributed by atoms with Gasteiger partial charge in [-0.25, -0.2) is 0 Å². The number of rotatable bonds is 17. The third kappa shape index (κ3) is 7.03. The highest BCUT2D eigenvalue weighted by atomic mass is 32.1. The molecule has 8 heteroatoms. The van der Waals surface area contributed by atoms with Crippen molar-refractivity contribution in [1.29, 1.82) is 0 Å². The van der Waals surface area contributed by atoms with E-state index in [9.17, 15) is 19.2 Å². The Labute approximate surface area is 280 Å². The molecule has 0 atom stereocenters. The Kier molecular flexibility index (Phi) is 11.6. The molecule has 0 unspecified atom stereocenters. The van der Waals surface area contributed by atoms with Crippen LogP contribution in [0, 0.1) is 6.92 Å². The second-order valence-corrected chi connectivity index (χ2v) is 14.1. The topological polar surface area (TPSA) is 74.8 Å². The molecule has 1 aliphatic heterocycles. The largest absolute Gasteiger partial charge is 0.285 e. The quantitative estimate of drug-likeness (QED) is 0.0644. The zero-order valence-corrected chi connectivity index (χ0v) is 28.9. The summed E-state index contributed by atoms with van der Waals surface area (Å²) >= 11 is 3.13. The van der Waals surface area contributed by atoms with Crippen molar-refractivity contribution in [2.45, 2.75) is 91.4 Å². The molecule has 0 radical (unpaired) electrons. The van der Waals surface area contributed by atoms with Gasteiger partial charge in [0.15, 0.2) is 0 Å². The maximum atomic E-state index is 14.3. The normalized spacial score (nSPS) is 12.7. The summed E-state index contributed by atoms with van der Waals surface area (Å²) in [6.07, 6.45) is 10.8. The average molecular weight is 657 g/mol. The van der Waals surface area contributed by atoms with Crippen LogP contribution in [0.1, 0.15) is 110 Å². The van der Waals surface area contributed by atoms with Gasteiger partial charge in [0.05, 0.1) is 12.0 Å². The van der Waals surface area contributed by atoms with E-state index in [4.69, 9.17) is 0 Å². The Balaban J connectivity index is 1.64. The van der Waals surface area contributed by atoms with Crippen LogP contribution in [-0.4, -0.2) is 47.0 Å². The highest BCUT2D eigenvalue weighted by Crippen LogP contribution is 2.45. The lowest BCUT2D eigenvalue weighted by atomic mass is 9.82. The lowest BCUT2D eigenvalue weighted by molar-refractivity contribution is -0.137. The van der Waals surface area contributed by atoms with Crippen LogP contribution in [0.5, 0.6) is 0 Å². The Bertz CT molecular complexity index is 1690. The van der Waals surface area contributed by atoms with Gasteiger partial charge in [0, 0.05) is 39.4 Å². The first-order chi connectivity index (χ1) is 22.4. The summed E-state index contributed by atoms with van der Waals surface area (Å²) in [4.78, 5) is 59.0. The van der Waals surface area contributed by atoms with Gasteiger partial charge in [-0.1, -0.05) is 77.3 Å². The Morgan fingerprint density at radius 3 is 2.02 bits per heavy atom. The number of hydrogen-bond acceptors (Lipinski definition) is 6. The van der Waals surface area contributed by atoms with Crippen molar-refractivity contribution >= 4 is 57.6 Å². The number of imide groups is 2. The molecule has 0 saturated carbocycles. The number of thiophene rings is 2. The Morgan fingerprint density at radius 2 is 1.41 bits per heavy atom. The van der Waals surface area contributed by atoms with Crippen molar-refractivity contribution in [2.24, 2.45) is 0 Å². The van der Waals surface area contributed by atoms with E-state index in [2.05, 4.69) is 13.8 Å². The minimum absolute atomic E-state index is 0.000548.